The fraction of sp³-hybridized carbons (Fsp3) is 0.500. The van der Waals surface area contributed by atoms with Gasteiger partial charge in [-0.05, 0) is 25.0 Å². The Balaban J connectivity index is 2.16. The van der Waals surface area contributed by atoms with Gasteiger partial charge in [-0.3, -0.25) is 4.98 Å². The first kappa shape index (κ1) is 12.7. The molecule has 0 aromatic carbocycles. The zero-order chi connectivity index (χ0) is 13.0. The van der Waals surface area contributed by atoms with E-state index in [4.69, 9.17) is 0 Å². The van der Waals surface area contributed by atoms with Crippen molar-refractivity contribution >= 4 is 17.0 Å². The summed E-state index contributed by atoms with van der Waals surface area (Å²) in [6.45, 7) is 6.66. The molecular weight excluding hydrogens is 224 g/mol. The smallest absolute Gasteiger partial charge is 0.180 e. The predicted molar refractivity (Wildman–Crippen MR) is 74.5 cm³/mol. The van der Waals surface area contributed by atoms with Gasteiger partial charge in [-0.15, -0.1) is 0 Å². The molecule has 1 atom stereocenters. The van der Waals surface area contributed by atoms with Crippen LogP contribution in [0.2, 0.25) is 0 Å². The average molecular weight is 244 g/mol. The molecule has 18 heavy (non-hydrogen) atoms. The molecule has 0 amide bonds. The number of nitrogens with zero attached hydrogens (tertiary/aromatic N) is 3. The van der Waals surface area contributed by atoms with E-state index in [-0.39, 0.29) is 0 Å². The van der Waals surface area contributed by atoms with E-state index in [0.717, 1.165) is 11.3 Å². The van der Waals surface area contributed by atoms with Crippen LogP contribution in [-0.2, 0) is 0 Å². The summed E-state index contributed by atoms with van der Waals surface area (Å²) in [5.74, 6) is 1.55. The molecule has 0 fully saturated rings. The highest BCUT2D eigenvalue weighted by molar-refractivity contribution is 5.71. The van der Waals surface area contributed by atoms with Crippen LogP contribution in [0.4, 0.5) is 5.82 Å². The minimum absolute atomic E-state index is 0.418. The summed E-state index contributed by atoms with van der Waals surface area (Å²) in [6, 6.07) is 4.34. The minimum atomic E-state index is 0.418. The fourth-order valence-electron chi connectivity index (χ4n) is 2.28. The van der Waals surface area contributed by atoms with E-state index in [1.807, 2.05) is 12.1 Å². The second-order valence-corrected chi connectivity index (χ2v) is 4.61. The molecule has 2 aromatic heterocycles. The van der Waals surface area contributed by atoms with Gasteiger partial charge in [0.05, 0.1) is 0 Å². The molecule has 0 saturated heterocycles. The van der Waals surface area contributed by atoms with Crippen molar-refractivity contribution in [2.45, 2.75) is 39.7 Å². The predicted octanol–water partition coefficient (Wildman–Crippen LogP) is 3.26. The number of rotatable bonds is 5. The fourth-order valence-corrected chi connectivity index (χ4v) is 2.28. The molecule has 0 bridgehead atoms. The maximum Gasteiger partial charge on any atom is 0.180 e. The molecule has 2 heterocycles. The zero-order valence-electron chi connectivity index (χ0n) is 11.2. The molecule has 0 spiro atoms. The Labute approximate surface area is 108 Å². The Morgan fingerprint density at radius 2 is 1.83 bits per heavy atom. The van der Waals surface area contributed by atoms with Gasteiger partial charge in [-0.1, -0.05) is 26.7 Å². The van der Waals surface area contributed by atoms with Crippen molar-refractivity contribution in [3.8, 4) is 0 Å². The van der Waals surface area contributed by atoms with Crippen LogP contribution in [0.5, 0.6) is 0 Å². The summed E-state index contributed by atoms with van der Waals surface area (Å²) < 4.78 is 0. The minimum Gasteiger partial charge on any atom is -0.367 e. The Morgan fingerprint density at radius 1 is 1.11 bits per heavy atom. The van der Waals surface area contributed by atoms with Crippen molar-refractivity contribution in [2.24, 2.45) is 5.92 Å². The van der Waals surface area contributed by atoms with Gasteiger partial charge in [-0.2, -0.15) is 0 Å². The van der Waals surface area contributed by atoms with E-state index >= 15 is 0 Å². The highest BCUT2D eigenvalue weighted by atomic mass is 15.0. The van der Waals surface area contributed by atoms with Crippen LogP contribution in [0, 0.1) is 5.92 Å². The third-order valence-electron chi connectivity index (χ3n) is 3.46. The van der Waals surface area contributed by atoms with Crippen LogP contribution in [0.3, 0.4) is 0 Å². The van der Waals surface area contributed by atoms with Gasteiger partial charge in [0, 0.05) is 18.4 Å². The van der Waals surface area contributed by atoms with E-state index in [0.29, 0.717) is 17.6 Å². The molecule has 4 nitrogen and oxygen atoms in total. The van der Waals surface area contributed by atoms with Gasteiger partial charge in [0.2, 0.25) is 0 Å². The van der Waals surface area contributed by atoms with E-state index in [2.05, 4.69) is 41.0 Å². The number of hydrogen-bond acceptors (Lipinski definition) is 4. The Bertz CT molecular complexity index is 508. The summed E-state index contributed by atoms with van der Waals surface area (Å²) in [6.07, 6.45) is 5.71. The van der Waals surface area contributed by atoms with Crippen LogP contribution < -0.4 is 5.32 Å². The van der Waals surface area contributed by atoms with Crippen LogP contribution in [0.1, 0.15) is 33.6 Å². The monoisotopic (exact) mass is 244 g/mol. The quantitative estimate of drug-likeness (QED) is 0.877. The van der Waals surface area contributed by atoms with Crippen LogP contribution in [0.15, 0.2) is 24.5 Å². The highest BCUT2D eigenvalue weighted by Gasteiger charge is 2.13. The molecular formula is C14H20N4. The van der Waals surface area contributed by atoms with Gasteiger partial charge in [0.15, 0.2) is 5.65 Å². The molecule has 1 unspecified atom stereocenters. The molecule has 96 valence electrons. The maximum absolute atomic E-state index is 4.48. The van der Waals surface area contributed by atoms with Crippen LogP contribution in [0.25, 0.3) is 11.2 Å². The van der Waals surface area contributed by atoms with Crippen molar-refractivity contribution in [1.29, 1.82) is 0 Å². The number of hydrogen-bond donors (Lipinski definition) is 1. The molecule has 2 aromatic rings. The highest BCUT2D eigenvalue weighted by Crippen LogP contribution is 2.18. The third-order valence-corrected chi connectivity index (χ3v) is 3.46. The molecule has 4 heteroatoms. The molecule has 0 aliphatic heterocycles. The summed E-state index contributed by atoms with van der Waals surface area (Å²) in [4.78, 5) is 12.9. The Hall–Kier alpha value is -1.71. The Kier molecular flexibility index (Phi) is 4.07. The molecule has 2 rings (SSSR count). The first-order valence-corrected chi connectivity index (χ1v) is 6.58. The second-order valence-electron chi connectivity index (χ2n) is 4.61. The average Bonchev–Trinajstić information content (AvgIpc) is 2.40. The summed E-state index contributed by atoms with van der Waals surface area (Å²) >= 11 is 0. The van der Waals surface area contributed by atoms with Crippen LogP contribution >= 0.6 is 0 Å². The Morgan fingerprint density at radius 3 is 2.56 bits per heavy atom. The number of fused-ring (bicyclic) bond motifs is 1. The maximum atomic E-state index is 4.48. The van der Waals surface area contributed by atoms with E-state index in [9.17, 15) is 0 Å². The lowest BCUT2D eigenvalue weighted by Crippen LogP contribution is -2.25. The topological polar surface area (TPSA) is 50.7 Å². The van der Waals surface area contributed by atoms with Crippen molar-refractivity contribution in [3.05, 3.63) is 24.5 Å². The van der Waals surface area contributed by atoms with E-state index < -0.39 is 0 Å². The molecule has 0 aliphatic carbocycles. The molecule has 0 aliphatic rings. The second kappa shape index (κ2) is 5.76. The van der Waals surface area contributed by atoms with Crippen LogP contribution in [-0.4, -0.2) is 21.0 Å². The third kappa shape index (κ3) is 2.75. The molecule has 0 saturated carbocycles. The standard InChI is InChI=1S/C14H20N4/c1-4-11(5-2)10(3)17-13-7-6-12-14(18-13)16-9-8-15-12/h6-11H,4-5H2,1-3H3,(H,16,17,18). The number of aromatic nitrogens is 3. The van der Waals surface area contributed by atoms with Crippen molar-refractivity contribution in [1.82, 2.24) is 15.0 Å². The lowest BCUT2D eigenvalue weighted by Gasteiger charge is -2.22. The van der Waals surface area contributed by atoms with Gasteiger partial charge in [0.1, 0.15) is 11.3 Å². The van der Waals surface area contributed by atoms with Crippen molar-refractivity contribution < 1.29 is 0 Å². The van der Waals surface area contributed by atoms with Crippen molar-refractivity contribution in [2.75, 3.05) is 5.32 Å². The van der Waals surface area contributed by atoms with Gasteiger partial charge in [0.25, 0.3) is 0 Å². The van der Waals surface area contributed by atoms with E-state index in [1.165, 1.54) is 12.8 Å². The number of anilines is 1. The normalized spacial score (nSPS) is 12.9. The van der Waals surface area contributed by atoms with Crippen molar-refractivity contribution in [3.63, 3.8) is 0 Å². The summed E-state index contributed by atoms with van der Waals surface area (Å²) in [7, 11) is 0. The first-order chi connectivity index (χ1) is 8.74. The zero-order valence-corrected chi connectivity index (χ0v) is 11.2. The SMILES string of the molecule is CCC(CC)C(C)Nc1ccc2nccnc2n1. The summed E-state index contributed by atoms with van der Waals surface area (Å²) in [5, 5.41) is 3.46. The van der Waals surface area contributed by atoms with Gasteiger partial charge < -0.3 is 5.32 Å². The van der Waals surface area contributed by atoms with Gasteiger partial charge in [-0.25, -0.2) is 9.97 Å². The lowest BCUT2D eigenvalue weighted by molar-refractivity contribution is 0.437. The first-order valence-electron chi connectivity index (χ1n) is 6.58. The van der Waals surface area contributed by atoms with Gasteiger partial charge >= 0.3 is 0 Å². The molecule has 1 N–H and O–H groups in total. The summed E-state index contributed by atoms with van der Waals surface area (Å²) in [5.41, 5.74) is 1.53. The lowest BCUT2D eigenvalue weighted by atomic mass is 9.95. The number of pyridine rings is 1. The van der Waals surface area contributed by atoms with E-state index in [1.54, 1.807) is 12.4 Å². The number of nitrogens with one attached hydrogen (secondary N) is 1. The molecule has 0 radical (unpaired) electrons. The largest absolute Gasteiger partial charge is 0.367 e.